The minimum absolute atomic E-state index is 1.10. The fourth-order valence-corrected chi connectivity index (χ4v) is 16.8. The normalized spacial score (nSPS) is 11.8. The average molecular weight is 901 g/mol. The van der Waals surface area contributed by atoms with E-state index in [1.165, 1.54) is 84.6 Å². The highest BCUT2D eigenvalue weighted by molar-refractivity contribution is 7.26. The van der Waals surface area contributed by atoms with E-state index in [0.29, 0.717) is 0 Å². The predicted molar refractivity (Wildman–Crippen MR) is 295 cm³/mol. The second-order valence-electron chi connectivity index (χ2n) is 17.6. The Morgan fingerprint density at radius 1 is 0.338 bits per heavy atom. The second kappa shape index (κ2) is 16.5. The van der Waals surface area contributed by atoms with Crippen LogP contribution >= 0.6 is 11.3 Å². The number of hydrogen-bond acceptors (Lipinski definition) is 2. The monoisotopic (exact) mass is 900 g/mol. The molecule has 11 aromatic carbocycles. The van der Waals surface area contributed by atoms with E-state index in [2.05, 4.69) is 276 Å². The summed E-state index contributed by atoms with van der Waals surface area (Å²) < 4.78 is 4.99. The summed E-state index contributed by atoms with van der Waals surface area (Å²) in [4.78, 5) is 2.47. The van der Waals surface area contributed by atoms with Crippen LogP contribution in [0.25, 0.3) is 69.6 Å². The molecule has 0 atom stereocenters. The Morgan fingerprint density at radius 2 is 0.868 bits per heavy atom. The van der Waals surface area contributed by atoms with Crippen LogP contribution in [-0.4, -0.2) is 12.6 Å². The number of aromatic nitrogens is 1. The SMILES string of the molecule is c1ccc(-n2c3ccccc3c3c(N(c4ccc(-c5ccc([Si](c6ccccc6)(c6ccccc6)c6ccccc6)cc5)cc4)c4ccc5c(c4)sc4ccc6ccccc6c45)cccc32)cc1. The van der Waals surface area contributed by atoms with E-state index < -0.39 is 8.07 Å². The van der Waals surface area contributed by atoms with Gasteiger partial charge < -0.3 is 9.47 Å². The lowest BCUT2D eigenvalue weighted by Crippen LogP contribution is -2.74. The van der Waals surface area contributed by atoms with Crippen molar-refractivity contribution in [3.8, 4) is 16.8 Å². The minimum Gasteiger partial charge on any atom is -0.310 e. The molecule has 0 aliphatic heterocycles. The molecule has 0 aliphatic rings. The van der Waals surface area contributed by atoms with Gasteiger partial charge in [0, 0.05) is 48.0 Å². The third kappa shape index (κ3) is 6.45. The average Bonchev–Trinajstić information content (AvgIpc) is 3.97. The Bertz CT molecular complexity index is 3840. The highest BCUT2D eigenvalue weighted by Crippen LogP contribution is 2.46. The van der Waals surface area contributed by atoms with Crippen LogP contribution in [0.1, 0.15) is 0 Å². The molecule has 13 aromatic rings. The molecule has 0 saturated heterocycles. The van der Waals surface area contributed by atoms with Crippen LogP contribution in [0.5, 0.6) is 0 Å². The van der Waals surface area contributed by atoms with Gasteiger partial charge in [-0.2, -0.15) is 0 Å². The van der Waals surface area contributed by atoms with Crippen molar-refractivity contribution in [3.05, 3.63) is 267 Å². The van der Waals surface area contributed by atoms with Gasteiger partial charge in [0.25, 0.3) is 0 Å². The molecule has 0 saturated carbocycles. The van der Waals surface area contributed by atoms with Crippen LogP contribution in [-0.2, 0) is 0 Å². The first kappa shape index (κ1) is 40.0. The standard InChI is InChI=1S/C64H44N2SSi/c1-5-19-48(20-6-1)66-58-29-16-15-28-56(58)64-59(30-17-31-60(64)66)65(50-39-42-57-62(44-50)67-61-43-36-47-18-13-14-27-55(47)63(57)61)49-37-32-45(33-38-49)46-34-40-54(41-35-46)68(51-21-7-2-8-22-51,52-23-9-3-10-24-52)53-25-11-4-12-26-53/h1-44H. The molecule has 4 heteroatoms. The summed E-state index contributed by atoms with van der Waals surface area (Å²) in [6.07, 6.45) is 0. The highest BCUT2D eigenvalue weighted by atomic mass is 32.1. The van der Waals surface area contributed by atoms with E-state index in [9.17, 15) is 0 Å². The van der Waals surface area contributed by atoms with Crippen LogP contribution in [0.3, 0.4) is 0 Å². The molecule has 2 nitrogen and oxygen atoms in total. The maximum absolute atomic E-state index is 2.64. The zero-order valence-corrected chi connectivity index (χ0v) is 39.0. The molecule has 0 unspecified atom stereocenters. The van der Waals surface area contributed by atoms with Gasteiger partial charge in [0.2, 0.25) is 0 Å². The molecule has 2 heterocycles. The Kier molecular flexibility index (Phi) is 9.74. The topological polar surface area (TPSA) is 8.17 Å². The maximum atomic E-state index is 2.47. The summed E-state index contributed by atoms with van der Waals surface area (Å²) in [7, 11) is -2.64. The van der Waals surface area contributed by atoms with E-state index in [1.54, 1.807) is 0 Å². The first-order valence-corrected chi connectivity index (χ1v) is 26.1. The number of para-hydroxylation sites is 2. The van der Waals surface area contributed by atoms with Gasteiger partial charge in [-0.1, -0.05) is 206 Å². The first-order chi connectivity index (χ1) is 33.7. The highest BCUT2D eigenvalue weighted by Gasteiger charge is 2.41. The first-order valence-electron chi connectivity index (χ1n) is 23.3. The van der Waals surface area contributed by atoms with E-state index in [4.69, 9.17) is 0 Å². The summed E-state index contributed by atoms with van der Waals surface area (Å²) in [5, 5.41) is 13.1. The molecule has 2 aromatic heterocycles. The van der Waals surface area contributed by atoms with Crippen LogP contribution in [0.2, 0.25) is 0 Å². The summed E-state index contributed by atoms with van der Waals surface area (Å²) >= 11 is 1.88. The molecule has 0 radical (unpaired) electrons. The molecule has 0 fully saturated rings. The lowest BCUT2D eigenvalue weighted by atomic mass is 10.0. The fraction of sp³-hybridized carbons (Fsp3) is 0. The van der Waals surface area contributed by atoms with Crippen molar-refractivity contribution in [2.75, 3.05) is 4.90 Å². The Balaban J connectivity index is 0.966. The van der Waals surface area contributed by atoms with Gasteiger partial charge in [-0.05, 0) is 103 Å². The van der Waals surface area contributed by atoms with Crippen LogP contribution in [0, 0.1) is 0 Å². The van der Waals surface area contributed by atoms with Crippen LogP contribution < -0.4 is 25.6 Å². The van der Waals surface area contributed by atoms with Gasteiger partial charge in [0.15, 0.2) is 8.07 Å². The number of fused-ring (bicyclic) bond motifs is 8. The molecule has 0 N–H and O–H groups in total. The minimum atomic E-state index is -2.64. The largest absolute Gasteiger partial charge is 0.310 e. The summed E-state index contributed by atoms with van der Waals surface area (Å²) in [6.45, 7) is 0. The van der Waals surface area contributed by atoms with Gasteiger partial charge >= 0.3 is 0 Å². The van der Waals surface area contributed by atoms with E-state index in [0.717, 1.165) is 22.7 Å². The molecular formula is C64H44N2SSi. The lowest BCUT2D eigenvalue weighted by molar-refractivity contribution is 1.18. The number of benzene rings is 11. The van der Waals surface area contributed by atoms with Crippen molar-refractivity contribution in [3.63, 3.8) is 0 Å². The molecule has 13 rings (SSSR count). The van der Waals surface area contributed by atoms with Gasteiger partial charge in [-0.25, -0.2) is 0 Å². The number of nitrogens with zero attached hydrogens (tertiary/aromatic N) is 2. The second-order valence-corrected chi connectivity index (χ2v) is 22.5. The van der Waals surface area contributed by atoms with Crippen molar-refractivity contribution >= 4 is 110 Å². The molecular weight excluding hydrogens is 857 g/mol. The van der Waals surface area contributed by atoms with E-state index >= 15 is 0 Å². The van der Waals surface area contributed by atoms with Crippen LogP contribution in [0.15, 0.2) is 267 Å². The summed E-state index contributed by atoms with van der Waals surface area (Å²) in [6, 6.07) is 98.8. The molecule has 0 amide bonds. The molecule has 0 bridgehead atoms. The Hall–Kier alpha value is -8.28. The van der Waals surface area contributed by atoms with Gasteiger partial charge in [-0.3, -0.25) is 0 Å². The van der Waals surface area contributed by atoms with Gasteiger partial charge in [0.1, 0.15) is 0 Å². The van der Waals surface area contributed by atoms with Crippen molar-refractivity contribution in [2.45, 2.75) is 0 Å². The van der Waals surface area contributed by atoms with Gasteiger partial charge in [0.05, 0.1) is 16.7 Å². The fourth-order valence-electron chi connectivity index (χ4n) is 10.9. The molecule has 0 spiro atoms. The zero-order chi connectivity index (χ0) is 45.0. The lowest BCUT2D eigenvalue weighted by Gasteiger charge is -2.34. The van der Waals surface area contributed by atoms with Crippen molar-refractivity contribution < 1.29 is 0 Å². The Morgan fingerprint density at radius 3 is 1.53 bits per heavy atom. The van der Waals surface area contributed by atoms with E-state index in [-0.39, 0.29) is 0 Å². The molecule has 0 aliphatic carbocycles. The third-order valence-electron chi connectivity index (χ3n) is 13.9. The smallest absolute Gasteiger partial charge is 0.179 e. The number of thiophene rings is 1. The Labute approximate surface area is 400 Å². The van der Waals surface area contributed by atoms with Crippen LogP contribution in [0.4, 0.5) is 17.1 Å². The summed E-state index contributed by atoms with van der Waals surface area (Å²) in [5.74, 6) is 0. The quantitative estimate of drug-likeness (QED) is 0.104. The number of rotatable bonds is 9. The summed E-state index contributed by atoms with van der Waals surface area (Å²) in [5.41, 5.74) is 9.24. The van der Waals surface area contributed by atoms with Crippen molar-refractivity contribution in [2.24, 2.45) is 0 Å². The predicted octanol–water partition coefficient (Wildman–Crippen LogP) is 14.8. The molecule has 320 valence electrons. The van der Waals surface area contributed by atoms with Crippen molar-refractivity contribution in [1.29, 1.82) is 0 Å². The van der Waals surface area contributed by atoms with Gasteiger partial charge in [-0.15, -0.1) is 11.3 Å². The maximum Gasteiger partial charge on any atom is 0.179 e. The number of hydrogen-bond donors (Lipinski definition) is 0. The zero-order valence-electron chi connectivity index (χ0n) is 37.2. The van der Waals surface area contributed by atoms with Crippen molar-refractivity contribution in [1.82, 2.24) is 4.57 Å². The molecule has 68 heavy (non-hydrogen) atoms. The number of anilines is 3. The third-order valence-corrected chi connectivity index (χ3v) is 19.8. The van der Waals surface area contributed by atoms with E-state index in [1.807, 2.05) is 11.3 Å².